The van der Waals surface area contributed by atoms with E-state index in [1.165, 1.54) is 30.7 Å². The minimum absolute atomic E-state index is 0.0938. The van der Waals surface area contributed by atoms with Crippen molar-refractivity contribution < 1.29 is 31.1 Å². The molecule has 3 rings (SSSR count). The second-order valence-electron chi connectivity index (χ2n) is 7.82. The highest BCUT2D eigenvalue weighted by Gasteiger charge is 2.30. The molecule has 7 heteroatoms. The van der Waals surface area contributed by atoms with Crippen LogP contribution < -0.4 is 4.74 Å². The molecule has 0 aromatic heterocycles. The molecule has 0 aliphatic rings. The Hall–Kier alpha value is -2.70. The summed E-state index contributed by atoms with van der Waals surface area (Å²) in [6, 6.07) is 9.94. The zero-order valence-corrected chi connectivity index (χ0v) is 17.7. The van der Waals surface area contributed by atoms with Gasteiger partial charge in [0, 0.05) is 10.9 Å². The van der Waals surface area contributed by atoms with Gasteiger partial charge in [-0.1, -0.05) is 56.9 Å². The van der Waals surface area contributed by atoms with Gasteiger partial charge in [-0.3, -0.25) is 0 Å². The zero-order chi connectivity index (χ0) is 23.3. The van der Waals surface area contributed by atoms with Gasteiger partial charge in [-0.25, -0.2) is 13.2 Å². The van der Waals surface area contributed by atoms with Crippen LogP contribution in [-0.4, -0.2) is 12.8 Å². The fraction of sp³-hybridized carbons (Fsp3) is 0.360. The van der Waals surface area contributed by atoms with E-state index in [2.05, 4.69) is 11.7 Å². The number of fused-ring (bicyclic) bond motifs is 1. The first kappa shape index (κ1) is 24.0. The molecule has 0 aliphatic heterocycles. The fourth-order valence-corrected chi connectivity index (χ4v) is 3.65. The van der Waals surface area contributed by atoms with Gasteiger partial charge >= 0.3 is 6.18 Å². The maximum atomic E-state index is 14.7. The third kappa shape index (κ3) is 5.96. The van der Waals surface area contributed by atoms with Crippen molar-refractivity contribution in [3.05, 3.63) is 65.5 Å². The molecule has 0 spiro atoms. The maximum Gasteiger partial charge on any atom is 0.422 e. The molecule has 0 N–H and O–H groups in total. The molecule has 0 fully saturated rings. The van der Waals surface area contributed by atoms with Crippen molar-refractivity contribution >= 4 is 10.8 Å². The van der Waals surface area contributed by atoms with Crippen molar-refractivity contribution in [3.8, 4) is 16.9 Å². The van der Waals surface area contributed by atoms with Crippen molar-refractivity contribution in [1.82, 2.24) is 0 Å². The molecule has 0 amide bonds. The average Bonchev–Trinajstić information content (AvgIpc) is 2.72. The van der Waals surface area contributed by atoms with Gasteiger partial charge < -0.3 is 4.74 Å². The molecule has 3 aromatic rings. The number of hydrogen-bond acceptors (Lipinski definition) is 1. The standard InChI is InChI=1S/C25H24F6O/c1-2-3-4-5-6-7-16-8-10-19(21(26)12-16)17-9-11-20-18(13-17)14-22(27)24(23(20)28)32-15-25(29,30)31/h8-14H,2-7,15H2,1H3. The Kier molecular flexibility index (Phi) is 7.69. The lowest BCUT2D eigenvalue weighted by Gasteiger charge is -2.13. The van der Waals surface area contributed by atoms with Gasteiger partial charge in [-0.05, 0) is 47.6 Å². The molecular weight excluding hydrogens is 430 g/mol. The third-order valence-electron chi connectivity index (χ3n) is 5.28. The summed E-state index contributed by atoms with van der Waals surface area (Å²) in [6.07, 6.45) is 1.62. The molecule has 3 aromatic carbocycles. The van der Waals surface area contributed by atoms with Gasteiger partial charge in [-0.15, -0.1) is 0 Å². The normalized spacial score (nSPS) is 11.8. The van der Waals surface area contributed by atoms with Gasteiger partial charge in [0.05, 0.1) is 0 Å². The van der Waals surface area contributed by atoms with E-state index in [1.807, 2.05) is 6.07 Å². The molecule has 0 saturated heterocycles. The predicted octanol–water partition coefficient (Wildman–Crippen LogP) is 8.38. The highest BCUT2D eigenvalue weighted by Crippen LogP contribution is 2.34. The number of rotatable bonds is 9. The highest BCUT2D eigenvalue weighted by molar-refractivity contribution is 5.89. The summed E-state index contributed by atoms with van der Waals surface area (Å²) in [5.41, 5.74) is 1.57. The Bertz CT molecular complexity index is 1070. The summed E-state index contributed by atoms with van der Waals surface area (Å²) >= 11 is 0. The van der Waals surface area contributed by atoms with E-state index >= 15 is 0 Å². The summed E-state index contributed by atoms with van der Waals surface area (Å²) in [5.74, 6) is -4.01. The Morgan fingerprint density at radius 2 is 1.56 bits per heavy atom. The van der Waals surface area contributed by atoms with E-state index in [1.54, 1.807) is 6.07 Å². The van der Waals surface area contributed by atoms with E-state index in [0.29, 0.717) is 5.56 Å². The fourth-order valence-electron chi connectivity index (χ4n) is 3.65. The van der Waals surface area contributed by atoms with Crippen LogP contribution in [0.1, 0.15) is 44.6 Å². The quantitative estimate of drug-likeness (QED) is 0.233. The smallest absolute Gasteiger partial charge is 0.422 e. The van der Waals surface area contributed by atoms with Crippen molar-refractivity contribution in [2.24, 2.45) is 0 Å². The summed E-state index contributed by atoms with van der Waals surface area (Å²) in [4.78, 5) is 0. The lowest BCUT2D eigenvalue weighted by molar-refractivity contribution is -0.154. The van der Waals surface area contributed by atoms with Crippen molar-refractivity contribution in [2.75, 3.05) is 6.61 Å². The van der Waals surface area contributed by atoms with Gasteiger partial charge in [0.25, 0.3) is 0 Å². The average molecular weight is 454 g/mol. The Morgan fingerprint density at radius 1 is 0.812 bits per heavy atom. The molecule has 0 bridgehead atoms. The molecule has 0 radical (unpaired) electrons. The lowest BCUT2D eigenvalue weighted by atomic mass is 9.97. The van der Waals surface area contributed by atoms with Crippen LogP contribution in [0.25, 0.3) is 21.9 Å². The Labute approximate surface area is 183 Å². The molecule has 0 saturated carbocycles. The van der Waals surface area contributed by atoms with Gasteiger partial charge in [0.1, 0.15) is 5.82 Å². The minimum Gasteiger partial charge on any atom is -0.478 e. The minimum atomic E-state index is -4.73. The molecule has 0 heterocycles. The maximum absolute atomic E-state index is 14.7. The summed E-state index contributed by atoms with van der Waals surface area (Å²) < 4.78 is 84.8. The SMILES string of the molecule is CCCCCCCc1ccc(-c2ccc3c(F)c(OCC(F)(F)F)c(F)cc3c2)c(F)c1. The van der Waals surface area contributed by atoms with E-state index in [0.717, 1.165) is 43.7 Å². The topological polar surface area (TPSA) is 9.23 Å². The van der Waals surface area contributed by atoms with Crippen LogP contribution >= 0.6 is 0 Å². The van der Waals surface area contributed by atoms with Crippen LogP contribution in [0, 0.1) is 17.5 Å². The van der Waals surface area contributed by atoms with E-state index in [4.69, 9.17) is 0 Å². The van der Waals surface area contributed by atoms with Crippen LogP contribution in [0.3, 0.4) is 0 Å². The van der Waals surface area contributed by atoms with Gasteiger partial charge in [0.2, 0.25) is 0 Å². The highest BCUT2D eigenvalue weighted by atomic mass is 19.4. The molecular formula is C25H24F6O. The summed E-state index contributed by atoms with van der Waals surface area (Å²) in [6.45, 7) is 0.338. The number of unbranched alkanes of at least 4 members (excludes halogenated alkanes) is 4. The van der Waals surface area contributed by atoms with Crippen LogP contribution in [0.15, 0.2) is 42.5 Å². The molecule has 0 aliphatic carbocycles. The van der Waals surface area contributed by atoms with E-state index in [9.17, 15) is 26.3 Å². The summed E-state index contributed by atoms with van der Waals surface area (Å²) in [5, 5.41) is -0.0207. The predicted molar refractivity (Wildman–Crippen MR) is 113 cm³/mol. The van der Waals surface area contributed by atoms with Crippen LogP contribution in [-0.2, 0) is 6.42 Å². The first-order chi connectivity index (χ1) is 15.2. The number of aryl methyl sites for hydroxylation is 1. The molecule has 1 nitrogen and oxygen atoms in total. The van der Waals surface area contributed by atoms with Gasteiger partial charge in [0.15, 0.2) is 24.0 Å². The van der Waals surface area contributed by atoms with E-state index < -0.39 is 36.0 Å². The Balaban J connectivity index is 1.82. The monoisotopic (exact) mass is 454 g/mol. The zero-order valence-electron chi connectivity index (χ0n) is 17.7. The number of ether oxygens (including phenoxy) is 1. The number of halogens is 6. The molecule has 0 atom stereocenters. The summed E-state index contributed by atoms with van der Waals surface area (Å²) in [7, 11) is 0. The van der Waals surface area contributed by atoms with Crippen molar-refractivity contribution in [1.29, 1.82) is 0 Å². The number of hydrogen-bond donors (Lipinski definition) is 0. The van der Waals surface area contributed by atoms with Crippen LogP contribution in [0.2, 0.25) is 0 Å². The third-order valence-corrected chi connectivity index (χ3v) is 5.28. The van der Waals surface area contributed by atoms with Crippen LogP contribution in [0.5, 0.6) is 5.75 Å². The molecule has 0 unspecified atom stereocenters. The first-order valence-corrected chi connectivity index (χ1v) is 10.6. The van der Waals surface area contributed by atoms with Crippen molar-refractivity contribution in [2.45, 2.75) is 51.6 Å². The second-order valence-corrected chi connectivity index (χ2v) is 7.82. The van der Waals surface area contributed by atoms with Crippen molar-refractivity contribution in [3.63, 3.8) is 0 Å². The number of benzene rings is 3. The largest absolute Gasteiger partial charge is 0.478 e. The molecule has 32 heavy (non-hydrogen) atoms. The van der Waals surface area contributed by atoms with Gasteiger partial charge in [-0.2, -0.15) is 13.2 Å². The van der Waals surface area contributed by atoms with E-state index in [-0.39, 0.29) is 16.3 Å². The number of alkyl halides is 3. The second kappa shape index (κ2) is 10.3. The lowest BCUT2D eigenvalue weighted by Crippen LogP contribution is -2.20. The molecule has 172 valence electrons. The van der Waals surface area contributed by atoms with Crippen LogP contribution in [0.4, 0.5) is 26.3 Å². The Morgan fingerprint density at radius 3 is 2.25 bits per heavy atom. The first-order valence-electron chi connectivity index (χ1n) is 10.6.